The Morgan fingerprint density at radius 3 is 2.37 bits per heavy atom. The normalized spacial score (nSPS) is 10.1. The zero-order valence-corrected chi connectivity index (χ0v) is 11.3. The van der Waals surface area contributed by atoms with Crippen molar-refractivity contribution in [1.29, 1.82) is 0 Å². The molecule has 0 bridgehead atoms. The summed E-state index contributed by atoms with van der Waals surface area (Å²) in [5.74, 6) is 0.300. The molecule has 0 heterocycles. The molecule has 0 aliphatic heterocycles. The van der Waals surface area contributed by atoms with Gasteiger partial charge >= 0.3 is 5.97 Å². The van der Waals surface area contributed by atoms with E-state index in [4.69, 9.17) is 9.47 Å². The number of carbonyl (C=O) groups is 1. The topological polar surface area (TPSA) is 35.5 Å². The second-order valence-corrected chi connectivity index (χ2v) is 4.19. The number of hydrogen-bond donors (Lipinski definition) is 0. The van der Waals surface area contributed by atoms with Gasteiger partial charge in [-0.05, 0) is 30.2 Å². The maximum absolute atomic E-state index is 11.9. The third kappa shape index (κ3) is 2.45. The molecule has 3 nitrogen and oxygen atoms in total. The highest BCUT2D eigenvalue weighted by Gasteiger charge is 2.18. The molecule has 0 amide bonds. The van der Waals surface area contributed by atoms with E-state index in [-0.39, 0.29) is 5.97 Å². The largest absolute Gasteiger partial charge is 0.496 e. The van der Waals surface area contributed by atoms with Crippen LogP contribution in [0.25, 0.3) is 11.1 Å². The van der Waals surface area contributed by atoms with Crippen molar-refractivity contribution in [3.8, 4) is 16.9 Å². The van der Waals surface area contributed by atoms with Gasteiger partial charge in [0.15, 0.2) is 0 Å². The SMILES string of the molecule is COC(=O)c1cccc(OC)c1-c1ccccc1C. The summed E-state index contributed by atoms with van der Waals surface area (Å²) in [4.78, 5) is 11.9. The minimum atomic E-state index is -0.364. The quantitative estimate of drug-likeness (QED) is 0.789. The number of carbonyl (C=O) groups excluding carboxylic acids is 1. The molecule has 0 atom stereocenters. The number of rotatable bonds is 3. The summed E-state index contributed by atoms with van der Waals surface area (Å²) in [5.41, 5.74) is 3.34. The Bertz CT molecular complexity index is 603. The van der Waals surface area contributed by atoms with Crippen molar-refractivity contribution in [3.05, 3.63) is 53.6 Å². The van der Waals surface area contributed by atoms with Crippen LogP contribution < -0.4 is 4.74 Å². The summed E-state index contributed by atoms with van der Waals surface area (Å²) < 4.78 is 10.2. The van der Waals surface area contributed by atoms with Crippen molar-refractivity contribution >= 4 is 5.97 Å². The van der Waals surface area contributed by atoms with Gasteiger partial charge in [0.25, 0.3) is 0 Å². The van der Waals surface area contributed by atoms with Crippen LogP contribution in [0.15, 0.2) is 42.5 Å². The van der Waals surface area contributed by atoms with Gasteiger partial charge in [0.1, 0.15) is 5.75 Å². The van der Waals surface area contributed by atoms with E-state index < -0.39 is 0 Å². The summed E-state index contributed by atoms with van der Waals surface area (Å²) in [7, 11) is 2.97. The second kappa shape index (κ2) is 5.57. The predicted octanol–water partition coefficient (Wildman–Crippen LogP) is 3.46. The number of esters is 1. The Morgan fingerprint density at radius 1 is 1.00 bits per heavy atom. The fraction of sp³-hybridized carbons (Fsp3) is 0.188. The molecule has 0 aliphatic carbocycles. The van der Waals surface area contributed by atoms with E-state index in [1.54, 1.807) is 19.2 Å². The van der Waals surface area contributed by atoms with Gasteiger partial charge in [0, 0.05) is 5.56 Å². The van der Waals surface area contributed by atoms with Crippen LogP contribution in [0.2, 0.25) is 0 Å². The third-order valence-corrected chi connectivity index (χ3v) is 3.07. The molecular formula is C16H16O3. The molecule has 2 rings (SSSR count). The smallest absolute Gasteiger partial charge is 0.338 e. The summed E-state index contributed by atoms with van der Waals surface area (Å²) in [6.07, 6.45) is 0. The van der Waals surface area contributed by atoms with E-state index in [1.165, 1.54) is 7.11 Å². The molecule has 3 heteroatoms. The van der Waals surface area contributed by atoms with Crippen LogP contribution in [-0.4, -0.2) is 20.2 Å². The number of aryl methyl sites for hydroxylation is 1. The molecule has 0 aliphatic rings. The van der Waals surface area contributed by atoms with E-state index in [1.807, 2.05) is 37.3 Å². The minimum absolute atomic E-state index is 0.364. The Labute approximate surface area is 112 Å². The van der Waals surface area contributed by atoms with Crippen LogP contribution in [0.3, 0.4) is 0 Å². The van der Waals surface area contributed by atoms with E-state index in [0.29, 0.717) is 11.3 Å². The number of benzene rings is 2. The first-order chi connectivity index (χ1) is 9.19. The van der Waals surface area contributed by atoms with Gasteiger partial charge in [-0.25, -0.2) is 4.79 Å². The standard InChI is InChI=1S/C16H16O3/c1-11-7-4-5-8-12(11)15-13(16(17)19-3)9-6-10-14(15)18-2/h4-10H,1-3H3. The Hall–Kier alpha value is -2.29. The van der Waals surface area contributed by atoms with Gasteiger partial charge in [-0.2, -0.15) is 0 Å². The fourth-order valence-corrected chi connectivity index (χ4v) is 2.11. The first-order valence-electron chi connectivity index (χ1n) is 6.00. The molecule has 19 heavy (non-hydrogen) atoms. The monoisotopic (exact) mass is 256 g/mol. The molecule has 0 fully saturated rings. The second-order valence-electron chi connectivity index (χ2n) is 4.19. The van der Waals surface area contributed by atoms with Crippen LogP contribution in [0.1, 0.15) is 15.9 Å². The first kappa shape index (κ1) is 13.1. The highest BCUT2D eigenvalue weighted by Crippen LogP contribution is 2.35. The summed E-state index contributed by atoms with van der Waals surface area (Å²) >= 11 is 0. The van der Waals surface area contributed by atoms with Crippen molar-refractivity contribution < 1.29 is 14.3 Å². The molecule has 0 N–H and O–H groups in total. The number of methoxy groups -OCH3 is 2. The predicted molar refractivity (Wildman–Crippen MR) is 74.5 cm³/mol. The molecule has 98 valence electrons. The van der Waals surface area contributed by atoms with Crippen LogP contribution in [0.5, 0.6) is 5.75 Å². The lowest BCUT2D eigenvalue weighted by Crippen LogP contribution is -2.05. The fourth-order valence-electron chi connectivity index (χ4n) is 2.11. The first-order valence-corrected chi connectivity index (χ1v) is 6.00. The van der Waals surface area contributed by atoms with E-state index in [9.17, 15) is 4.79 Å². The summed E-state index contributed by atoms with van der Waals surface area (Å²) in [6, 6.07) is 13.3. The number of hydrogen-bond acceptors (Lipinski definition) is 3. The Balaban J connectivity index is 2.73. The van der Waals surface area contributed by atoms with Crippen molar-refractivity contribution in [2.75, 3.05) is 14.2 Å². The highest BCUT2D eigenvalue weighted by molar-refractivity contribution is 5.99. The third-order valence-electron chi connectivity index (χ3n) is 3.07. The van der Waals surface area contributed by atoms with Crippen LogP contribution >= 0.6 is 0 Å². The summed E-state index contributed by atoms with van der Waals surface area (Å²) in [5, 5.41) is 0. The molecule has 0 radical (unpaired) electrons. The van der Waals surface area contributed by atoms with Gasteiger partial charge in [-0.1, -0.05) is 30.3 Å². The van der Waals surface area contributed by atoms with E-state index in [2.05, 4.69) is 0 Å². The van der Waals surface area contributed by atoms with Gasteiger partial charge in [-0.15, -0.1) is 0 Å². The molecule has 2 aromatic rings. The maximum Gasteiger partial charge on any atom is 0.338 e. The van der Waals surface area contributed by atoms with Crippen molar-refractivity contribution in [2.24, 2.45) is 0 Å². The zero-order chi connectivity index (χ0) is 13.8. The lowest BCUT2D eigenvalue weighted by Gasteiger charge is -2.14. The molecule has 0 aromatic heterocycles. The van der Waals surface area contributed by atoms with Gasteiger partial charge in [0.2, 0.25) is 0 Å². The van der Waals surface area contributed by atoms with Crippen molar-refractivity contribution in [1.82, 2.24) is 0 Å². The van der Waals surface area contributed by atoms with Crippen LogP contribution in [0, 0.1) is 6.92 Å². The molecule has 0 saturated carbocycles. The Kier molecular flexibility index (Phi) is 3.85. The molecule has 0 spiro atoms. The lowest BCUT2D eigenvalue weighted by molar-refractivity contribution is 0.0601. The molecular weight excluding hydrogens is 240 g/mol. The number of ether oxygens (including phenoxy) is 2. The molecule has 2 aromatic carbocycles. The van der Waals surface area contributed by atoms with Crippen molar-refractivity contribution in [3.63, 3.8) is 0 Å². The van der Waals surface area contributed by atoms with Gasteiger partial charge in [-0.3, -0.25) is 0 Å². The molecule has 0 unspecified atom stereocenters. The van der Waals surface area contributed by atoms with Gasteiger partial charge < -0.3 is 9.47 Å². The minimum Gasteiger partial charge on any atom is -0.496 e. The van der Waals surface area contributed by atoms with Crippen LogP contribution in [-0.2, 0) is 4.74 Å². The van der Waals surface area contributed by atoms with Crippen molar-refractivity contribution in [2.45, 2.75) is 6.92 Å². The lowest BCUT2D eigenvalue weighted by atomic mass is 9.95. The van der Waals surface area contributed by atoms with E-state index >= 15 is 0 Å². The maximum atomic E-state index is 11.9. The summed E-state index contributed by atoms with van der Waals surface area (Å²) in [6.45, 7) is 2.00. The van der Waals surface area contributed by atoms with Crippen LogP contribution in [0.4, 0.5) is 0 Å². The van der Waals surface area contributed by atoms with Gasteiger partial charge in [0.05, 0.1) is 19.8 Å². The zero-order valence-electron chi connectivity index (χ0n) is 11.3. The van der Waals surface area contributed by atoms with E-state index in [0.717, 1.165) is 16.7 Å². The highest BCUT2D eigenvalue weighted by atomic mass is 16.5. The average Bonchev–Trinajstić information content (AvgIpc) is 2.46. The average molecular weight is 256 g/mol. The molecule has 0 saturated heterocycles. The Morgan fingerprint density at radius 2 is 1.74 bits per heavy atom.